The van der Waals surface area contributed by atoms with E-state index >= 15 is 0 Å². The lowest BCUT2D eigenvalue weighted by Gasteiger charge is -2.29. The van der Waals surface area contributed by atoms with Gasteiger partial charge in [0, 0.05) is 11.1 Å². The number of nitrogen functional groups attached to an aromatic ring is 1. The summed E-state index contributed by atoms with van der Waals surface area (Å²) in [5, 5.41) is 22.2. The number of fused-ring (bicyclic) bond motifs is 1. The maximum absolute atomic E-state index is 12.4. The van der Waals surface area contributed by atoms with Gasteiger partial charge in [-0.05, 0) is 25.5 Å². The van der Waals surface area contributed by atoms with E-state index in [1.54, 1.807) is 6.92 Å². The van der Waals surface area contributed by atoms with Crippen LogP contribution < -0.4 is 11.1 Å². The Kier molecular flexibility index (Phi) is 4.46. The highest BCUT2D eigenvalue weighted by molar-refractivity contribution is 7.21. The number of aryl methyl sites for hydroxylation is 1. The second kappa shape index (κ2) is 5.97. The molecule has 0 atom stereocenters. The molecule has 0 spiro atoms. The smallest absolute Gasteiger partial charge is 0.264 e. The second-order valence-electron chi connectivity index (χ2n) is 5.05. The average Bonchev–Trinajstić information content (AvgIpc) is 2.81. The third-order valence-electron chi connectivity index (χ3n) is 3.60. The van der Waals surface area contributed by atoms with Crippen LogP contribution >= 0.6 is 11.3 Å². The first-order valence-corrected chi connectivity index (χ1v) is 7.48. The maximum atomic E-state index is 12.4. The van der Waals surface area contributed by atoms with Gasteiger partial charge in [-0.25, -0.2) is 4.98 Å². The summed E-state index contributed by atoms with van der Waals surface area (Å²) >= 11 is 1.21. The highest BCUT2D eigenvalue weighted by Gasteiger charge is 2.30. The number of nitrogens with one attached hydrogen (secondary N) is 1. The first-order chi connectivity index (χ1) is 9.96. The van der Waals surface area contributed by atoms with Gasteiger partial charge in [-0.3, -0.25) is 4.79 Å². The standard InChI is InChI=1S/C14H19N3O3S/c1-3-14(6-18,7-19)17-12(20)11-10(15)9-5-4-8(2)16-13(9)21-11/h4-5,18-19H,3,6-7,15H2,1-2H3,(H,17,20). The van der Waals surface area contributed by atoms with Crippen LogP contribution in [0.5, 0.6) is 0 Å². The molecule has 0 aromatic carbocycles. The fourth-order valence-corrected chi connectivity index (χ4v) is 3.03. The Morgan fingerprint density at radius 3 is 2.67 bits per heavy atom. The number of aromatic nitrogens is 1. The van der Waals surface area contributed by atoms with Gasteiger partial charge in [0.15, 0.2) is 0 Å². The SMILES string of the molecule is CCC(CO)(CO)NC(=O)c1sc2nc(C)ccc2c1N. The topological polar surface area (TPSA) is 108 Å². The molecule has 7 heteroatoms. The van der Waals surface area contributed by atoms with Crippen molar-refractivity contribution in [3.8, 4) is 0 Å². The number of pyridine rings is 1. The number of hydrogen-bond acceptors (Lipinski definition) is 6. The van der Waals surface area contributed by atoms with Crippen LogP contribution in [0.3, 0.4) is 0 Å². The molecule has 1 amide bonds. The molecule has 0 saturated heterocycles. The first-order valence-electron chi connectivity index (χ1n) is 6.66. The van der Waals surface area contributed by atoms with Gasteiger partial charge in [0.05, 0.1) is 24.4 Å². The fourth-order valence-electron chi connectivity index (χ4n) is 2.00. The van der Waals surface area contributed by atoms with Crippen LogP contribution in [-0.2, 0) is 0 Å². The molecule has 21 heavy (non-hydrogen) atoms. The average molecular weight is 309 g/mol. The molecule has 0 unspecified atom stereocenters. The molecule has 0 saturated carbocycles. The van der Waals surface area contributed by atoms with Crippen LogP contribution in [0.25, 0.3) is 10.2 Å². The highest BCUT2D eigenvalue weighted by Crippen LogP contribution is 2.32. The van der Waals surface area contributed by atoms with Gasteiger partial charge in [-0.15, -0.1) is 11.3 Å². The number of hydrogen-bond donors (Lipinski definition) is 4. The number of thiophene rings is 1. The number of aliphatic hydroxyl groups is 2. The van der Waals surface area contributed by atoms with E-state index in [-0.39, 0.29) is 13.2 Å². The van der Waals surface area contributed by atoms with E-state index in [1.165, 1.54) is 11.3 Å². The number of nitrogens with two attached hydrogens (primary N) is 1. The molecule has 2 aromatic heterocycles. The van der Waals surface area contributed by atoms with E-state index in [0.717, 1.165) is 11.1 Å². The minimum absolute atomic E-state index is 0.339. The summed E-state index contributed by atoms with van der Waals surface area (Å²) in [5.41, 5.74) is 6.21. The predicted molar refractivity (Wildman–Crippen MR) is 83.4 cm³/mol. The molecule has 2 heterocycles. The number of nitrogens with zero attached hydrogens (tertiary/aromatic N) is 1. The molecule has 0 bridgehead atoms. The number of carbonyl (C=O) groups is 1. The largest absolute Gasteiger partial charge is 0.397 e. The van der Waals surface area contributed by atoms with Crippen molar-refractivity contribution < 1.29 is 15.0 Å². The molecule has 0 radical (unpaired) electrons. The van der Waals surface area contributed by atoms with Crippen molar-refractivity contribution >= 4 is 33.1 Å². The lowest BCUT2D eigenvalue weighted by Crippen LogP contribution is -2.53. The monoisotopic (exact) mass is 309 g/mol. The Labute approximate surface area is 126 Å². The number of carbonyl (C=O) groups excluding carboxylic acids is 1. The zero-order valence-electron chi connectivity index (χ0n) is 12.0. The third kappa shape index (κ3) is 2.85. The van der Waals surface area contributed by atoms with Gasteiger partial charge in [-0.2, -0.15) is 0 Å². The van der Waals surface area contributed by atoms with E-state index in [2.05, 4.69) is 10.3 Å². The minimum atomic E-state index is -1.04. The second-order valence-corrected chi connectivity index (χ2v) is 6.05. The van der Waals surface area contributed by atoms with Crippen molar-refractivity contribution in [1.29, 1.82) is 0 Å². The van der Waals surface area contributed by atoms with E-state index in [1.807, 2.05) is 19.1 Å². The number of rotatable bonds is 5. The number of amides is 1. The summed E-state index contributed by atoms with van der Waals surface area (Å²) in [6, 6.07) is 3.68. The van der Waals surface area contributed by atoms with Gasteiger partial charge < -0.3 is 21.3 Å². The lowest BCUT2D eigenvalue weighted by molar-refractivity contribution is 0.0657. The van der Waals surface area contributed by atoms with E-state index in [0.29, 0.717) is 21.8 Å². The zero-order valence-corrected chi connectivity index (χ0v) is 12.8. The summed E-state index contributed by atoms with van der Waals surface area (Å²) in [7, 11) is 0. The van der Waals surface area contributed by atoms with Gasteiger partial charge in [-0.1, -0.05) is 6.92 Å². The molecular weight excluding hydrogens is 290 g/mol. The van der Waals surface area contributed by atoms with Gasteiger partial charge in [0.1, 0.15) is 9.71 Å². The molecular formula is C14H19N3O3S. The van der Waals surface area contributed by atoms with Crippen molar-refractivity contribution in [3.05, 3.63) is 22.7 Å². The minimum Gasteiger partial charge on any atom is -0.397 e. The third-order valence-corrected chi connectivity index (χ3v) is 4.71. The van der Waals surface area contributed by atoms with Gasteiger partial charge >= 0.3 is 0 Å². The van der Waals surface area contributed by atoms with Crippen molar-refractivity contribution in [2.45, 2.75) is 25.8 Å². The van der Waals surface area contributed by atoms with E-state index in [9.17, 15) is 15.0 Å². The highest BCUT2D eigenvalue weighted by atomic mass is 32.1. The zero-order chi connectivity index (χ0) is 15.6. The molecule has 0 aliphatic carbocycles. The fraction of sp³-hybridized carbons (Fsp3) is 0.429. The molecule has 2 aromatic rings. The Morgan fingerprint density at radius 1 is 1.43 bits per heavy atom. The molecule has 0 aliphatic rings. The van der Waals surface area contributed by atoms with E-state index < -0.39 is 11.4 Å². The molecule has 0 fully saturated rings. The van der Waals surface area contributed by atoms with Crippen LogP contribution in [0.15, 0.2) is 12.1 Å². The maximum Gasteiger partial charge on any atom is 0.264 e. The Hall–Kier alpha value is -1.70. The summed E-state index contributed by atoms with van der Waals surface area (Å²) < 4.78 is 0. The molecule has 0 aliphatic heterocycles. The van der Waals surface area contributed by atoms with Crippen LogP contribution in [0, 0.1) is 6.92 Å². The predicted octanol–water partition coefficient (Wildman–Crippen LogP) is 1.05. The Balaban J connectivity index is 2.37. The van der Waals surface area contributed by atoms with Crippen molar-refractivity contribution in [1.82, 2.24) is 10.3 Å². The van der Waals surface area contributed by atoms with Crippen molar-refractivity contribution in [2.75, 3.05) is 18.9 Å². The summed E-state index contributed by atoms with van der Waals surface area (Å²) in [4.78, 5) is 17.8. The van der Waals surface area contributed by atoms with E-state index in [4.69, 9.17) is 5.73 Å². The first kappa shape index (κ1) is 15.7. The number of aliphatic hydroxyl groups excluding tert-OH is 2. The quantitative estimate of drug-likeness (QED) is 0.660. The van der Waals surface area contributed by atoms with Crippen molar-refractivity contribution in [2.24, 2.45) is 0 Å². The van der Waals surface area contributed by atoms with Gasteiger partial charge in [0.25, 0.3) is 5.91 Å². The van der Waals surface area contributed by atoms with Gasteiger partial charge in [0.2, 0.25) is 0 Å². The van der Waals surface area contributed by atoms with Crippen LogP contribution in [0.4, 0.5) is 5.69 Å². The summed E-state index contributed by atoms with van der Waals surface area (Å²) in [5.74, 6) is -0.405. The normalized spacial score (nSPS) is 11.8. The number of anilines is 1. The lowest BCUT2D eigenvalue weighted by atomic mass is 9.98. The van der Waals surface area contributed by atoms with Crippen molar-refractivity contribution in [3.63, 3.8) is 0 Å². The van der Waals surface area contributed by atoms with Crippen LogP contribution in [0.2, 0.25) is 0 Å². The van der Waals surface area contributed by atoms with Crippen LogP contribution in [-0.4, -0.2) is 39.9 Å². The molecule has 114 valence electrons. The molecule has 5 N–H and O–H groups in total. The Bertz CT molecular complexity index is 657. The molecule has 6 nitrogen and oxygen atoms in total. The molecule has 2 rings (SSSR count). The Morgan fingerprint density at radius 2 is 2.10 bits per heavy atom. The summed E-state index contributed by atoms with van der Waals surface area (Å²) in [6.45, 7) is 2.97. The summed E-state index contributed by atoms with van der Waals surface area (Å²) in [6.07, 6.45) is 0.411. The van der Waals surface area contributed by atoms with Crippen LogP contribution in [0.1, 0.15) is 28.7 Å².